The van der Waals surface area contributed by atoms with Gasteiger partial charge in [0.2, 0.25) is 10.0 Å². The van der Waals surface area contributed by atoms with Crippen LogP contribution in [-0.2, 0) is 25.0 Å². The molecule has 4 rings (SSSR count). The fourth-order valence-electron chi connectivity index (χ4n) is 4.09. The van der Waals surface area contributed by atoms with Crippen LogP contribution in [0.5, 0.6) is 17.2 Å². The van der Waals surface area contributed by atoms with Crippen LogP contribution in [-0.4, -0.2) is 40.8 Å². The summed E-state index contributed by atoms with van der Waals surface area (Å²) < 4.78 is 45.0. The first-order chi connectivity index (χ1) is 14.9. The van der Waals surface area contributed by atoms with Gasteiger partial charge in [0, 0.05) is 0 Å². The number of fused-ring (bicyclic) bond motifs is 1. The Morgan fingerprint density at radius 2 is 1.65 bits per heavy atom. The summed E-state index contributed by atoms with van der Waals surface area (Å²) in [5, 5.41) is 5.08. The standard InChI is InChI=1S/C22H25NO7S/c23-31(25,26)18-6-4-17(5-7-18)27-11-14-30-21(24)22(9-1-2-10-22)16-3-8-19-20(15-16)29-13-12-28-19/h3-8,15H,1-2,9-14H2,(H2,23,25,26). The molecule has 1 saturated carbocycles. The molecule has 8 nitrogen and oxygen atoms in total. The third-order valence-electron chi connectivity index (χ3n) is 5.68. The molecule has 0 aromatic heterocycles. The molecule has 2 N–H and O–H groups in total. The number of carbonyl (C=O) groups is 1. The second-order valence-electron chi connectivity index (χ2n) is 7.65. The van der Waals surface area contributed by atoms with E-state index < -0.39 is 15.4 Å². The van der Waals surface area contributed by atoms with Crippen molar-refractivity contribution in [2.45, 2.75) is 36.0 Å². The quantitative estimate of drug-likeness (QED) is 0.512. The highest BCUT2D eigenvalue weighted by atomic mass is 32.2. The first-order valence-electron chi connectivity index (χ1n) is 10.2. The molecule has 2 aromatic rings. The molecule has 0 radical (unpaired) electrons. The van der Waals surface area contributed by atoms with Crippen LogP contribution in [0.2, 0.25) is 0 Å². The maximum atomic E-state index is 13.1. The van der Waals surface area contributed by atoms with Crippen molar-refractivity contribution in [3.63, 3.8) is 0 Å². The van der Waals surface area contributed by atoms with E-state index in [1.165, 1.54) is 24.3 Å². The number of ether oxygens (including phenoxy) is 4. The molecule has 2 aromatic carbocycles. The summed E-state index contributed by atoms with van der Waals surface area (Å²) in [5.74, 6) is 1.55. The van der Waals surface area contributed by atoms with Gasteiger partial charge in [0.25, 0.3) is 0 Å². The maximum absolute atomic E-state index is 13.1. The highest BCUT2D eigenvalue weighted by molar-refractivity contribution is 7.89. The molecule has 1 aliphatic heterocycles. The lowest BCUT2D eigenvalue weighted by Crippen LogP contribution is -2.35. The van der Waals surface area contributed by atoms with Crippen molar-refractivity contribution >= 4 is 16.0 Å². The lowest BCUT2D eigenvalue weighted by atomic mass is 9.78. The van der Waals surface area contributed by atoms with Gasteiger partial charge in [-0.2, -0.15) is 0 Å². The van der Waals surface area contributed by atoms with Gasteiger partial charge in [-0.1, -0.05) is 18.9 Å². The average Bonchev–Trinajstić information content (AvgIpc) is 3.27. The Labute approximate surface area is 181 Å². The van der Waals surface area contributed by atoms with Crippen LogP contribution in [0.25, 0.3) is 0 Å². The van der Waals surface area contributed by atoms with Crippen molar-refractivity contribution < 1.29 is 32.2 Å². The second-order valence-corrected chi connectivity index (χ2v) is 9.21. The van der Waals surface area contributed by atoms with Crippen LogP contribution in [0.4, 0.5) is 0 Å². The Kier molecular flexibility index (Phi) is 6.06. The molecule has 0 bridgehead atoms. The third-order valence-corrected chi connectivity index (χ3v) is 6.61. The van der Waals surface area contributed by atoms with Crippen molar-refractivity contribution in [1.82, 2.24) is 0 Å². The van der Waals surface area contributed by atoms with Gasteiger partial charge in [-0.05, 0) is 54.8 Å². The Balaban J connectivity index is 1.37. The molecule has 0 unspecified atom stereocenters. The van der Waals surface area contributed by atoms with Crippen LogP contribution in [0.15, 0.2) is 47.4 Å². The van der Waals surface area contributed by atoms with Crippen molar-refractivity contribution in [1.29, 1.82) is 0 Å². The van der Waals surface area contributed by atoms with E-state index in [9.17, 15) is 13.2 Å². The first kappa shape index (κ1) is 21.5. The fraction of sp³-hybridized carbons (Fsp3) is 0.409. The third kappa shape index (κ3) is 4.62. The number of nitrogens with two attached hydrogens (primary N) is 1. The number of esters is 1. The first-order valence-corrected chi connectivity index (χ1v) is 11.8. The van der Waals surface area contributed by atoms with Gasteiger partial charge < -0.3 is 18.9 Å². The molecular formula is C22H25NO7S. The van der Waals surface area contributed by atoms with E-state index in [2.05, 4.69) is 0 Å². The zero-order valence-corrected chi connectivity index (χ0v) is 17.9. The summed E-state index contributed by atoms with van der Waals surface area (Å²) in [4.78, 5) is 13.1. The Hall–Kier alpha value is -2.78. The Morgan fingerprint density at radius 3 is 2.32 bits per heavy atom. The van der Waals surface area contributed by atoms with Crippen molar-refractivity contribution in [3.05, 3.63) is 48.0 Å². The summed E-state index contributed by atoms with van der Waals surface area (Å²) in [6, 6.07) is 11.4. The summed E-state index contributed by atoms with van der Waals surface area (Å²) in [6.07, 6.45) is 3.36. The van der Waals surface area contributed by atoms with Crippen molar-refractivity contribution in [2.24, 2.45) is 5.14 Å². The van der Waals surface area contributed by atoms with Gasteiger partial charge >= 0.3 is 5.97 Å². The van der Waals surface area contributed by atoms with E-state index in [1.807, 2.05) is 18.2 Å². The normalized spacial score (nSPS) is 17.2. The van der Waals surface area contributed by atoms with Crippen LogP contribution < -0.4 is 19.3 Å². The molecular weight excluding hydrogens is 422 g/mol. The number of primary sulfonamides is 1. The summed E-state index contributed by atoms with van der Waals surface area (Å²) in [5.41, 5.74) is 0.200. The smallest absolute Gasteiger partial charge is 0.316 e. The van der Waals surface area contributed by atoms with E-state index in [1.54, 1.807) is 0 Å². The lowest BCUT2D eigenvalue weighted by Gasteiger charge is -2.29. The van der Waals surface area contributed by atoms with Gasteiger partial charge in [-0.25, -0.2) is 13.6 Å². The predicted molar refractivity (Wildman–Crippen MR) is 112 cm³/mol. The van der Waals surface area contributed by atoms with Crippen molar-refractivity contribution in [3.8, 4) is 17.2 Å². The molecule has 0 atom stereocenters. The van der Waals surface area contributed by atoms with Crippen LogP contribution in [0.3, 0.4) is 0 Å². The minimum atomic E-state index is -3.75. The number of hydrogen-bond acceptors (Lipinski definition) is 7. The van der Waals surface area contributed by atoms with E-state index in [-0.39, 0.29) is 24.1 Å². The lowest BCUT2D eigenvalue weighted by molar-refractivity contribution is -0.151. The van der Waals surface area contributed by atoms with Crippen LogP contribution in [0, 0.1) is 0 Å². The van der Waals surface area contributed by atoms with E-state index in [4.69, 9.17) is 24.1 Å². The largest absolute Gasteiger partial charge is 0.490 e. The maximum Gasteiger partial charge on any atom is 0.316 e. The monoisotopic (exact) mass is 447 g/mol. The SMILES string of the molecule is NS(=O)(=O)c1ccc(OCCOC(=O)C2(c3ccc4c(c3)OCCO4)CCCC2)cc1. The Morgan fingerprint density at radius 1 is 0.968 bits per heavy atom. The molecule has 2 aliphatic rings. The molecule has 31 heavy (non-hydrogen) atoms. The second kappa shape index (κ2) is 8.76. The van der Waals surface area contributed by atoms with Crippen molar-refractivity contribution in [2.75, 3.05) is 26.4 Å². The van der Waals surface area contributed by atoms with Crippen LogP contribution in [0.1, 0.15) is 31.2 Å². The molecule has 9 heteroatoms. The predicted octanol–water partition coefficient (Wildman–Crippen LogP) is 2.54. The fourth-order valence-corrected chi connectivity index (χ4v) is 4.60. The molecule has 1 aliphatic carbocycles. The summed E-state index contributed by atoms with van der Waals surface area (Å²) >= 11 is 0. The van der Waals surface area contributed by atoms with E-state index >= 15 is 0 Å². The molecule has 0 amide bonds. The number of sulfonamides is 1. The summed E-state index contributed by atoms with van der Waals surface area (Å²) in [6.45, 7) is 1.24. The van der Waals surface area contributed by atoms with Gasteiger partial charge in [-0.3, -0.25) is 4.79 Å². The van der Waals surface area contributed by atoms with E-state index in [0.717, 1.165) is 31.2 Å². The minimum Gasteiger partial charge on any atom is -0.490 e. The number of hydrogen-bond donors (Lipinski definition) is 1. The van der Waals surface area contributed by atoms with Crippen LogP contribution >= 0.6 is 0 Å². The number of carbonyl (C=O) groups excluding carboxylic acids is 1. The molecule has 1 heterocycles. The van der Waals surface area contributed by atoms with E-state index in [0.29, 0.717) is 30.5 Å². The Bertz CT molecular complexity index is 1040. The number of rotatable bonds is 7. The highest BCUT2D eigenvalue weighted by Crippen LogP contribution is 2.45. The zero-order chi connectivity index (χ0) is 21.9. The average molecular weight is 448 g/mol. The van der Waals surface area contributed by atoms with Gasteiger partial charge in [0.1, 0.15) is 32.2 Å². The summed E-state index contributed by atoms with van der Waals surface area (Å²) in [7, 11) is -3.75. The van der Waals surface area contributed by atoms with Gasteiger partial charge in [-0.15, -0.1) is 0 Å². The van der Waals surface area contributed by atoms with Gasteiger partial charge in [0.05, 0.1) is 10.3 Å². The topological polar surface area (TPSA) is 114 Å². The minimum absolute atomic E-state index is 0.00822. The number of benzene rings is 2. The highest BCUT2D eigenvalue weighted by Gasteiger charge is 2.44. The molecule has 0 spiro atoms. The molecule has 0 saturated heterocycles. The molecule has 166 valence electrons. The van der Waals surface area contributed by atoms with Gasteiger partial charge in [0.15, 0.2) is 11.5 Å². The zero-order valence-electron chi connectivity index (χ0n) is 17.0. The molecule has 1 fully saturated rings.